The molecular weight excluding hydrogens is 691 g/mol. The Balaban J connectivity index is 1.08. The number of fused-ring (bicyclic) bond motifs is 13. The lowest BCUT2D eigenvalue weighted by atomic mass is 9.70. The van der Waals surface area contributed by atoms with Crippen LogP contribution in [0.1, 0.15) is 22.3 Å². The highest BCUT2D eigenvalue weighted by Gasteiger charge is 2.52. The number of rotatable bonds is 5. The van der Waals surface area contributed by atoms with Gasteiger partial charge in [-0.1, -0.05) is 164 Å². The van der Waals surface area contributed by atoms with Crippen molar-refractivity contribution >= 4 is 39.0 Å². The highest BCUT2D eigenvalue weighted by molar-refractivity contribution is 6.06. The van der Waals surface area contributed by atoms with Gasteiger partial charge in [-0.2, -0.15) is 0 Å². The van der Waals surface area contributed by atoms with E-state index in [1.807, 2.05) is 12.1 Å². The van der Waals surface area contributed by atoms with Gasteiger partial charge in [-0.25, -0.2) is 0 Å². The van der Waals surface area contributed by atoms with Crippen molar-refractivity contribution in [2.24, 2.45) is 0 Å². The highest BCUT2D eigenvalue weighted by Crippen LogP contribution is 2.64. The molecule has 2 nitrogen and oxygen atoms in total. The third kappa shape index (κ3) is 4.59. The van der Waals surface area contributed by atoms with Crippen LogP contribution < -0.4 is 4.90 Å². The van der Waals surface area contributed by atoms with Crippen LogP contribution >= 0.6 is 0 Å². The summed E-state index contributed by atoms with van der Waals surface area (Å²) in [5.41, 5.74) is 20.0. The molecule has 2 heteroatoms. The molecule has 1 heterocycles. The van der Waals surface area contributed by atoms with Crippen LogP contribution in [0, 0.1) is 0 Å². The maximum Gasteiger partial charge on any atom is 0.135 e. The minimum atomic E-state index is -0.424. The van der Waals surface area contributed by atoms with Crippen molar-refractivity contribution in [3.8, 4) is 44.5 Å². The Morgan fingerprint density at radius 3 is 1.65 bits per heavy atom. The first-order valence-electron chi connectivity index (χ1n) is 19.7. The van der Waals surface area contributed by atoms with Gasteiger partial charge in [-0.3, -0.25) is 0 Å². The van der Waals surface area contributed by atoms with Crippen LogP contribution in [-0.4, -0.2) is 0 Å². The summed E-state index contributed by atoms with van der Waals surface area (Å²) in [6, 6.07) is 77.6. The van der Waals surface area contributed by atoms with E-state index in [1.54, 1.807) is 0 Å². The molecule has 0 saturated heterocycles. The lowest BCUT2D eigenvalue weighted by Gasteiger charge is -2.32. The van der Waals surface area contributed by atoms with Gasteiger partial charge in [0.05, 0.1) is 11.1 Å². The predicted octanol–water partition coefficient (Wildman–Crippen LogP) is 14.7. The minimum absolute atomic E-state index is 0.424. The highest BCUT2D eigenvalue weighted by atomic mass is 16.3. The first-order chi connectivity index (χ1) is 28.3. The third-order valence-corrected chi connectivity index (χ3v) is 12.3. The molecule has 0 unspecified atom stereocenters. The van der Waals surface area contributed by atoms with E-state index in [0.29, 0.717) is 0 Å². The Bertz CT molecular complexity index is 3140. The number of furan rings is 1. The van der Waals surface area contributed by atoms with Gasteiger partial charge in [0.25, 0.3) is 0 Å². The van der Waals surface area contributed by atoms with Crippen molar-refractivity contribution in [3.63, 3.8) is 0 Å². The molecule has 0 atom stereocenters. The number of nitrogens with zero attached hydrogens (tertiary/aromatic N) is 1. The van der Waals surface area contributed by atoms with Crippen LogP contribution in [0.5, 0.6) is 0 Å². The van der Waals surface area contributed by atoms with Crippen LogP contribution in [0.25, 0.3) is 66.4 Å². The van der Waals surface area contributed by atoms with E-state index in [4.69, 9.17) is 4.42 Å². The summed E-state index contributed by atoms with van der Waals surface area (Å²) < 4.78 is 6.16. The molecule has 10 aromatic rings. The fourth-order valence-corrected chi connectivity index (χ4v) is 9.90. The summed E-state index contributed by atoms with van der Waals surface area (Å²) in [7, 11) is 0. The Labute approximate surface area is 331 Å². The maximum atomic E-state index is 6.16. The van der Waals surface area contributed by atoms with Gasteiger partial charge in [0.1, 0.15) is 11.2 Å². The van der Waals surface area contributed by atoms with Crippen LogP contribution in [0.15, 0.2) is 217 Å². The smallest absolute Gasteiger partial charge is 0.135 e. The van der Waals surface area contributed by atoms with Crippen LogP contribution in [0.2, 0.25) is 0 Å². The Kier molecular flexibility index (Phi) is 6.88. The molecule has 2 aliphatic rings. The van der Waals surface area contributed by atoms with Crippen molar-refractivity contribution < 1.29 is 4.42 Å². The number of benzene rings is 9. The Morgan fingerprint density at radius 2 is 0.877 bits per heavy atom. The van der Waals surface area contributed by atoms with Gasteiger partial charge in [0, 0.05) is 27.7 Å². The first-order valence-corrected chi connectivity index (χ1v) is 19.7. The van der Waals surface area contributed by atoms with E-state index in [9.17, 15) is 0 Å². The van der Waals surface area contributed by atoms with Crippen molar-refractivity contribution in [1.82, 2.24) is 0 Å². The van der Waals surface area contributed by atoms with E-state index >= 15 is 0 Å². The molecule has 0 saturated carbocycles. The molecule has 57 heavy (non-hydrogen) atoms. The minimum Gasteiger partial charge on any atom is -0.456 e. The van der Waals surface area contributed by atoms with Gasteiger partial charge in [0.2, 0.25) is 0 Å². The second kappa shape index (κ2) is 12.3. The maximum absolute atomic E-state index is 6.16. The number of hydrogen-bond donors (Lipinski definition) is 0. The number of anilines is 3. The summed E-state index contributed by atoms with van der Waals surface area (Å²) in [6.07, 6.45) is 0. The van der Waals surface area contributed by atoms with E-state index in [-0.39, 0.29) is 0 Å². The first kappa shape index (κ1) is 31.9. The summed E-state index contributed by atoms with van der Waals surface area (Å²) >= 11 is 0. The van der Waals surface area contributed by atoms with Crippen molar-refractivity contribution in [1.29, 1.82) is 0 Å². The molecule has 9 aromatic carbocycles. The van der Waals surface area contributed by atoms with E-state index < -0.39 is 5.41 Å². The molecule has 0 N–H and O–H groups in total. The summed E-state index contributed by atoms with van der Waals surface area (Å²) in [6.45, 7) is 0. The lowest BCUT2D eigenvalue weighted by molar-refractivity contribution is 0.669. The zero-order valence-electron chi connectivity index (χ0n) is 31.1. The molecule has 0 amide bonds. The SMILES string of the molecule is c1ccc(-c2cccc(N(c3ccc(-c4ccc5oc6ccccc6c5c4)cc3)c3cccc4c3-c3ccccc3C43c4ccccc4-c4ccccc43)c2)cc1. The van der Waals surface area contributed by atoms with Gasteiger partial charge in [-0.05, 0) is 110 Å². The van der Waals surface area contributed by atoms with Crippen LogP contribution in [0.4, 0.5) is 17.1 Å². The van der Waals surface area contributed by atoms with Crippen molar-refractivity contribution in [2.45, 2.75) is 5.41 Å². The molecule has 266 valence electrons. The lowest BCUT2D eigenvalue weighted by Crippen LogP contribution is -2.26. The van der Waals surface area contributed by atoms with Crippen LogP contribution in [0.3, 0.4) is 0 Å². The van der Waals surface area contributed by atoms with Crippen molar-refractivity contribution in [2.75, 3.05) is 4.90 Å². The van der Waals surface area contributed by atoms with Crippen molar-refractivity contribution in [3.05, 3.63) is 235 Å². The largest absolute Gasteiger partial charge is 0.456 e. The monoisotopic (exact) mass is 725 g/mol. The third-order valence-electron chi connectivity index (χ3n) is 12.3. The van der Waals surface area contributed by atoms with E-state index in [1.165, 1.54) is 55.6 Å². The Hall–Kier alpha value is -7.42. The Morgan fingerprint density at radius 1 is 0.333 bits per heavy atom. The van der Waals surface area contributed by atoms with Gasteiger partial charge in [-0.15, -0.1) is 0 Å². The summed E-state index contributed by atoms with van der Waals surface area (Å²) in [5, 5.41) is 2.27. The predicted molar refractivity (Wildman–Crippen MR) is 236 cm³/mol. The molecule has 0 bridgehead atoms. The quantitative estimate of drug-likeness (QED) is 0.176. The molecule has 2 aliphatic carbocycles. The second-order valence-corrected chi connectivity index (χ2v) is 15.2. The fourth-order valence-electron chi connectivity index (χ4n) is 9.90. The van der Waals surface area contributed by atoms with E-state index in [2.05, 4.69) is 205 Å². The van der Waals surface area contributed by atoms with Gasteiger partial charge in [0.15, 0.2) is 0 Å². The van der Waals surface area contributed by atoms with Crippen LogP contribution in [-0.2, 0) is 5.41 Å². The fraction of sp³-hybridized carbons (Fsp3) is 0.0182. The molecule has 0 radical (unpaired) electrons. The van der Waals surface area contributed by atoms with E-state index in [0.717, 1.165) is 50.1 Å². The van der Waals surface area contributed by atoms with Gasteiger partial charge < -0.3 is 9.32 Å². The summed E-state index contributed by atoms with van der Waals surface area (Å²) in [4.78, 5) is 2.46. The van der Waals surface area contributed by atoms with Gasteiger partial charge >= 0.3 is 0 Å². The normalized spacial score (nSPS) is 13.1. The molecular formula is C55H35NO. The second-order valence-electron chi connectivity index (χ2n) is 15.2. The average molecular weight is 726 g/mol. The molecule has 1 spiro atoms. The zero-order valence-corrected chi connectivity index (χ0v) is 31.1. The molecule has 0 fully saturated rings. The molecule has 0 aliphatic heterocycles. The average Bonchev–Trinajstić information content (AvgIpc) is 3.91. The topological polar surface area (TPSA) is 16.4 Å². The molecule has 1 aromatic heterocycles. The number of para-hydroxylation sites is 1. The standard InChI is InChI=1S/C55H35NO/c1-2-14-36(15-3-1)38-16-12-17-41(34-38)56(40-31-28-37(29-32-40)39-30-33-53-46(35-39)44-20-7-11-27-52(44)57-53)51-26-13-25-50-54(51)45-21-6-10-24-49(45)55(50)47-22-8-4-18-42(47)43-19-5-9-23-48(43)55/h1-35H. The summed E-state index contributed by atoms with van der Waals surface area (Å²) in [5.74, 6) is 0. The zero-order chi connectivity index (χ0) is 37.5. The number of hydrogen-bond acceptors (Lipinski definition) is 2. The molecule has 12 rings (SSSR count).